The Hall–Kier alpha value is -2.41. The maximum atomic E-state index is 9.74. The molecule has 0 saturated carbocycles. The van der Waals surface area contributed by atoms with Gasteiger partial charge in [-0.2, -0.15) is 0 Å². The molecule has 1 radical (unpaired) electrons. The number of aromatic hydroxyl groups is 2. The molecule has 5 nitrogen and oxygen atoms in total. The number of benzene rings is 2. The van der Waals surface area contributed by atoms with Crippen LogP contribution in [0.2, 0.25) is 0 Å². The normalized spacial score (nSPS) is 12.1. The molecule has 0 aliphatic rings. The molecule has 2 aromatic rings. The van der Waals surface area contributed by atoms with Crippen molar-refractivity contribution >= 4 is 12.4 Å². The first kappa shape index (κ1) is 26.6. The van der Waals surface area contributed by atoms with Crippen molar-refractivity contribution < 1.29 is 32.1 Å². The monoisotopic (exact) mass is 441 g/mol. The summed E-state index contributed by atoms with van der Waals surface area (Å²) >= 11 is 0. The van der Waals surface area contributed by atoms with E-state index in [-0.39, 0.29) is 34.3 Å². The molecular formula is C23H30CoN2O3. The van der Waals surface area contributed by atoms with E-state index in [9.17, 15) is 10.2 Å². The summed E-state index contributed by atoms with van der Waals surface area (Å²) in [5, 5.41) is 28.0. The molecule has 0 aliphatic heterocycles. The first-order chi connectivity index (χ1) is 13.2. The Morgan fingerprint density at radius 3 is 1.83 bits per heavy atom. The Balaban J connectivity index is 0.00000117. The molecular weight excluding hydrogens is 411 g/mol. The summed E-state index contributed by atoms with van der Waals surface area (Å²) in [6, 6.07) is 14.0. The van der Waals surface area contributed by atoms with Crippen molar-refractivity contribution in [3.05, 3.63) is 72.3 Å². The SMILES string of the molecule is C=CCC(CN=Cc1ccccc1O)N=Cc1ccccc1O.CC(C)(C)O.[Co]. The predicted molar refractivity (Wildman–Crippen MR) is 117 cm³/mol. The van der Waals surface area contributed by atoms with Crippen molar-refractivity contribution in [1.82, 2.24) is 0 Å². The summed E-state index contributed by atoms with van der Waals surface area (Å²) in [5.41, 5.74) is 0.848. The van der Waals surface area contributed by atoms with Gasteiger partial charge in [0.15, 0.2) is 0 Å². The average Bonchev–Trinajstić information content (AvgIpc) is 2.61. The fourth-order valence-corrected chi connectivity index (χ4v) is 2.03. The minimum absolute atomic E-state index is 0. The van der Waals surface area contributed by atoms with Gasteiger partial charge in [0.1, 0.15) is 11.5 Å². The van der Waals surface area contributed by atoms with Gasteiger partial charge < -0.3 is 15.3 Å². The molecule has 0 saturated heterocycles. The van der Waals surface area contributed by atoms with Crippen LogP contribution in [0.3, 0.4) is 0 Å². The van der Waals surface area contributed by atoms with Gasteiger partial charge in [-0.25, -0.2) is 0 Å². The molecule has 29 heavy (non-hydrogen) atoms. The van der Waals surface area contributed by atoms with E-state index in [0.29, 0.717) is 24.1 Å². The van der Waals surface area contributed by atoms with E-state index in [1.807, 2.05) is 12.1 Å². The van der Waals surface area contributed by atoms with Crippen LogP contribution in [0.15, 0.2) is 71.2 Å². The quantitative estimate of drug-likeness (QED) is 0.441. The molecule has 0 aliphatic carbocycles. The molecule has 0 bridgehead atoms. The van der Waals surface area contributed by atoms with Crippen LogP contribution in [0.25, 0.3) is 0 Å². The minimum atomic E-state index is -0.500. The Morgan fingerprint density at radius 2 is 1.38 bits per heavy atom. The largest absolute Gasteiger partial charge is 0.507 e. The van der Waals surface area contributed by atoms with Crippen LogP contribution in [0.5, 0.6) is 11.5 Å². The van der Waals surface area contributed by atoms with Gasteiger partial charge in [0, 0.05) is 40.3 Å². The number of nitrogens with zero attached hydrogens (tertiary/aromatic N) is 2. The van der Waals surface area contributed by atoms with E-state index in [1.54, 1.807) is 75.7 Å². The second-order valence-corrected chi connectivity index (χ2v) is 7.24. The van der Waals surface area contributed by atoms with Crippen molar-refractivity contribution in [3.8, 4) is 11.5 Å². The number of rotatable bonds is 7. The van der Waals surface area contributed by atoms with Gasteiger partial charge in [0.25, 0.3) is 0 Å². The summed E-state index contributed by atoms with van der Waals surface area (Å²) in [6.07, 6.45) is 5.77. The number of aliphatic imine (C=N–C) groups is 2. The maximum Gasteiger partial charge on any atom is 0.124 e. The zero-order chi connectivity index (χ0) is 21.0. The second-order valence-electron chi connectivity index (χ2n) is 7.24. The van der Waals surface area contributed by atoms with Crippen LogP contribution in [-0.2, 0) is 16.8 Å². The Kier molecular flexibility index (Phi) is 12.6. The van der Waals surface area contributed by atoms with Crippen molar-refractivity contribution in [2.24, 2.45) is 9.98 Å². The smallest absolute Gasteiger partial charge is 0.124 e. The van der Waals surface area contributed by atoms with E-state index in [0.717, 1.165) is 0 Å². The summed E-state index contributed by atoms with van der Waals surface area (Å²) in [6.45, 7) is 9.44. The van der Waals surface area contributed by atoms with Crippen molar-refractivity contribution in [3.63, 3.8) is 0 Å². The number of phenols is 2. The third-order valence-electron chi connectivity index (χ3n) is 3.28. The molecule has 0 fully saturated rings. The molecule has 1 atom stereocenters. The van der Waals surface area contributed by atoms with E-state index in [2.05, 4.69) is 16.6 Å². The summed E-state index contributed by atoms with van der Waals surface area (Å²) < 4.78 is 0. The molecule has 0 heterocycles. The van der Waals surface area contributed by atoms with Crippen LogP contribution in [0.4, 0.5) is 0 Å². The van der Waals surface area contributed by atoms with Gasteiger partial charge in [0.05, 0.1) is 18.2 Å². The van der Waals surface area contributed by atoms with Gasteiger partial charge >= 0.3 is 0 Å². The van der Waals surface area contributed by atoms with Gasteiger partial charge in [-0.3, -0.25) is 9.98 Å². The van der Waals surface area contributed by atoms with E-state index in [1.165, 1.54) is 0 Å². The van der Waals surface area contributed by atoms with Crippen molar-refractivity contribution in [2.75, 3.05) is 6.54 Å². The number of para-hydroxylation sites is 2. The number of phenolic OH excluding ortho intramolecular Hbond substituents is 2. The molecule has 0 amide bonds. The predicted octanol–water partition coefficient (Wildman–Crippen LogP) is 4.36. The van der Waals surface area contributed by atoms with Crippen LogP contribution in [0.1, 0.15) is 38.3 Å². The molecule has 0 spiro atoms. The molecule has 2 aromatic carbocycles. The average molecular weight is 441 g/mol. The van der Waals surface area contributed by atoms with Gasteiger partial charge in [-0.05, 0) is 51.5 Å². The molecule has 1 unspecified atom stereocenters. The minimum Gasteiger partial charge on any atom is -0.507 e. The molecule has 0 aromatic heterocycles. The van der Waals surface area contributed by atoms with Crippen LogP contribution in [-0.4, -0.2) is 45.9 Å². The third kappa shape index (κ3) is 12.6. The first-order valence-corrected chi connectivity index (χ1v) is 9.13. The summed E-state index contributed by atoms with van der Waals surface area (Å²) in [4.78, 5) is 8.81. The zero-order valence-electron chi connectivity index (χ0n) is 17.1. The summed E-state index contributed by atoms with van der Waals surface area (Å²) in [7, 11) is 0. The zero-order valence-corrected chi connectivity index (χ0v) is 18.2. The number of hydrogen-bond acceptors (Lipinski definition) is 5. The summed E-state index contributed by atoms with van der Waals surface area (Å²) in [5.74, 6) is 0.403. The van der Waals surface area contributed by atoms with Crippen molar-refractivity contribution in [1.29, 1.82) is 0 Å². The van der Waals surface area contributed by atoms with Crippen LogP contribution >= 0.6 is 0 Å². The number of aliphatic hydroxyl groups is 1. The Labute approximate surface area is 183 Å². The third-order valence-corrected chi connectivity index (χ3v) is 3.28. The van der Waals surface area contributed by atoms with Crippen LogP contribution in [0, 0.1) is 0 Å². The first-order valence-electron chi connectivity index (χ1n) is 9.13. The fraction of sp³-hybridized carbons (Fsp3) is 0.304. The standard InChI is InChI=1S/C19H20N2O2.C4H10O.Co/c1-2-7-17(21-13-16-9-4-6-11-19(16)23)14-20-12-15-8-3-5-10-18(15)22;1-4(2,3)5;/h2-6,8-13,17,22-23H,1,7,14H2;5H,1-3H3;. The van der Waals surface area contributed by atoms with Gasteiger partial charge in [-0.1, -0.05) is 30.3 Å². The van der Waals surface area contributed by atoms with Gasteiger partial charge in [0.2, 0.25) is 0 Å². The molecule has 3 N–H and O–H groups in total. The molecule has 159 valence electrons. The Morgan fingerprint density at radius 1 is 0.931 bits per heavy atom. The van der Waals surface area contributed by atoms with Crippen LogP contribution < -0.4 is 0 Å². The van der Waals surface area contributed by atoms with E-state index in [4.69, 9.17) is 5.11 Å². The maximum absolute atomic E-state index is 9.74. The topological polar surface area (TPSA) is 85.4 Å². The molecule has 2 rings (SSSR count). The van der Waals surface area contributed by atoms with Gasteiger partial charge in [-0.15, -0.1) is 6.58 Å². The van der Waals surface area contributed by atoms with Crippen molar-refractivity contribution in [2.45, 2.75) is 38.8 Å². The van der Waals surface area contributed by atoms with E-state index < -0.39 is 5.60 Å². The number of hydrogen-bond donors (Lipinski definition) is 3. The molecule has 6 heteroatoms. The second kappa shape index (κ2) is 13.7. The fourth-order valence-electron chi connectivity index (χ4n) is 2.03. The Bertz CT molecular complexity index is 793. The van der Waals surface area contributed by atoms with E-state index >= 15 is 0 Å².